The SMILES string of the molecule is CCCCCCCCCCCCCCOS(=O)(=O)C(F)CCCCCC.CC[N+](CC)(CC)CC. The standard InChI is InChI=1S/C21H43FO3S.C8H20N/c1-3-5-7-9-10-11-12-13-14-15-16-18-20-25-26(23,24)21(22)19-17-8-6-4-2;1-5-9(6-2,7-3)8-4/h21H,3-20H2,1-2H3;5-8H2,1-4H3/q;+1. The predicted octanol–water partition coefficient (Wildman–Crippen LogP) is 9.18. The summed E-state index contributed by atoms with van der Waals surface area (Å²) in [6.45, 7) is 18.7. The molecule has 0 amide bonds. The van der Waals surface area contributed by atoms with E-state index in [1.807, 2.05) is 0 Å². The average Bonchev–Trinajstić information content (AvgIpc) is 2.86. The Labute approximate surface area is 220 Å². The largest absolute Gasteiger partial charge is 0.325 e. The van der Waals surface area contributed by atoms with Gasteiger partial charge in [-0.25, -0.2) is 4.39 Å². The van der Waals surface area contributed by atoms with Crippen LogP contribution in [-0.2, 0) is 14.3 Å². The van der Waals surface area contributed by atoms with E-state index in [0.717, 1.165) is 32.1 Å². The van der Waals surface area contributed by atoms with Gasteiger partial charge in [-0.15, -0.1) is 0 Å². The number of unbranched alkanes of at least 4 members (excludes halogenated alkanes) is 14. The maximum Gasteiger partial charge on any atom is 0.299 e. The Morgan fingerprint density at radius 1 is 0.571 bits per heavy atom. The number of hydrogen-bond acceptors (Lipinski definition) is 3. The molecule has 0 radical (unpaired) electrons. The van der Waals surface area contributed by atoms with E-state index in [2.05, 4.69) is 41.5 Å². The first-order valence-electron chi connectivity index (χ1n) is 15.2. The normalized spacial score (nSPS) is 12.9. The lowest BCUT2D eigenvalue weighted by atomic mass is 10.1. The second-order valence-electron chi connectivity index (χ2n) is 10.1. The molecule has 0 aliphatic rings. The molecule has 0 aliphatic carbocycles. The highest BCUT2D eigenvalue weighted by Crippen LogP contribution is 2.16. The first-order chi connectivity index (χ1) is 16.8. The molecule has 0 saturated heterocycles. The molecule has 0 aromatic heterocycles. The van der Waals surface area contributed by atoms with Crippen LogP contribution in [0.25, 0.3) is 0 Å². The van der Waals surface area contributed by atoms with Crippen LogP contribution in [0.3, 0.4) is 0 Å². The van der Waals surface area contributed by atoms with Crippen LogP contribution in [0.15, 0.2) is 0 Å². The number of hydrogen-bond donors (Lipinski definition) is 0. The average molecular weight is 525 g/mol. The fraction of sp³-hybridized carbons (Fsp3) is 1.00. The summed E-state index contributed by atoms with van der Waals surface area (Å²) in [4.78, 5) is 0. The van der Waals surface area contributed by atoms with Gasteiger partial charge in [-0.1, -0.05) is 104 Å². The molecule has 0 bridgehead atoms. The van der Waals surface area contributed by atoms with Crippen LogP contribution < -0.4 is 0 Å². The van der Waals surface area contributed by atoms with Crippen molar-refractivity contribution in [2.24, 2.45) is 0 Å². The van der Waals surface area contributed by atoms with Gasteiger partial charge in [-0.2, -0.15) is 8.42 Å². The first kappa shape index (κ1) is 37.0. The minimum atomic E-state index is -4.03. The van der Waals surface area contributed by atoms with Gasteiger partial charge in [0.2, 0.25) is 5.50 Å². The van der Waals surface area contributed by atoms with Gasteiger partial charge in [0.15, 0.2) is 0 Å². The minimum absolute atomic E-state index is 0.0563. The number of rotatable bonds is 24. The van der Waals surface area contributed by atoms with Crippen LogP contribution >= 0.6 is 0 Å². The highest BCUT2D eigenvalue weighted by Gasteiger charge is 2.25. The maximum atomic E-state index is 13.7. The van der Waals surface area contributed by atoms with Crippen LogP contribution in [0.2, 0.25) is 0 Å². The van der Waals surface area contributed by atoms with Crippen molar-refractivity contribution in [2.75, 3.05) is 32.8 Å². The lowest BCUT2D eigenvalue weighted by Crippen LogP contribution is -2.47. The Bertz CT molecular complexity index is 507. The van der Waals surface area contributed by atoms with E-state index in [0.29, 0.717) is 12.8 Å². The zero-order valence-corrected chi connectivity index (χ0v) is 25.4. The molecule has 6 heteroatoms. The Balaban J connectivity index is 0. The Morgan fingerprint density at radius 2 is 0.914 bits per heavy atom. The zero-order chi connectivity index (χ0) is 26.8. The third-order valence-electron chi connectivity index (χ3n) is 7.53. The third-order valence-corrected chi connectivity index (χ3v) is 8.88. The molecule has 1 atom stereocenters. The Kier molecular flexibility index (Phi) is 26.9. The fourth-order valence-electron chi connectivity index (χ4n) is 4.41. The molecule has 1 unspecified atom stereocenters. The van der Waals surface area contributed by atoms with E-state index < -0.39 is 15.6 Å². The Morgan fingerprint density at radius 3 is 1.26 bits per heavy atom. The summed E-state index contributed by atoms with van der Waals surface area (Å²) in [7, 11) is -4.03. The van der Waals surface area contributed by atoms with Crippen molar-refractivity contribution < 1.29 is 21.5 Å². The van der Waals surface area contributed by atoms with Crippen molar-refractivity contribution in [3.63, 3.8) is 0 Å². The second kappa shape index (κ2) is 25.4. The fourth-order valence-corrected chi connectivity index (χ4v) is 5.36. The highest BCUT2D eigenvalue weighted by atomic mass is 32.2. The van der Waals surface area contributed by atoms with Crippen LogP contribution in [-0.4, -0.2) is 51.2 Å². The van der Waals surface area contributed by atoms with E-state index in [9.17, 15) is 12.8 Å². The van der Waals surface area contributed by atoms with Crippen molar-refractivity contribution >= 4 is 10.1 Å². The summed E-state index contributed by atoms with van der Waals surface area (Å²) in [6.07, 6.45) is 18.2. The molecule has 214 valence electrons. The van der Waals surface area contributed by atoms with Crippen molar-refractivity contribution in [3.05, 3.63) is 0 Å². The predicted molar refractivity (Wildman–Crippen MR) is 152 cm³/mol. The first-order valence-corrected chi connectivity index (χ1v) is 16.6. The molecule has 0 saturated carbocycles. The topological polar surface area (TPSA) is 43.4 Å². The van der Waals surface area contributed by atoms with Crippen molar-refractivity contribution in [1.82, 2.24) is 0 Å². The van der Waals surface area contributed by atoms with E-state index in [1.54, 1.807) is 0 Å². The van der Waals surface area contributed by atoms with Gasteiger partial charge < -0.3 is 4.48 Å². The monoisotopic (exact) mass is 524 g/mol. The van der Waals surface area contributed by atoms with Gasteiger partial charge in [-0.3, -0.25) is 4.18 Å². The highest BCUT2D eigenvalue weighted by molar-refractivity contribution is 7.87. The summed E-state index contributed by atoms with van der Waals surface area (Å²) in [5.74, 6) is 0. The number of nitrogens with zero attached hydrogens (tertiary/aromatic N) is 1. The van der Waals surface area contributed by atoms with Crippen LogP contribution in [0.5, 0.6) is 0 Å². The summed E-state index contributed by atoms with van der Waals surface area (Å²) >= 11 is 0. The van der Waals surface area contributed by atoms with E-state index >= 15 is 0 Å². The van der Waals surface area contributed by atoms with Gasteiger partial charge in [-0.05, 0) is 47.0 Å². The molecule has 4 nitrogen and oxygen atoms in total. The molecule has 0 aromatic carbocycles. The van der Waals surface area contributed by atoms with E-state index in [1.165, 1.54) is 88.4 Å². The van der Waals surface area contributed by atoms with Crippen LogP contribution in [0.1, 0.15) is 151 Å². The maximum absolute atomic E-state index is 13.7. The molecule has 0 aromatic rings. The molecule has 0 aliphatic heterocycles. The number of halogens is 1. The van der Waals surface area contributed by atoms with Gasteiger partial charge >= 0.3 is 0 Å². The molecule has 35 heavy (non-hydrogen) atoms. The zero-order valence-electron chi connectivity index (χ0n) is 24.6. The number of quaternary nitrogens is 1. The summed E-state index contributed by atoms with van der Waals surface area (Å²) in [5, 5.41) is 0. The van der Waals surface area contributed by atoms with Crippen molar-refractivity contribution in [2.45, 2.75) is 156 Å². The van der Waals surface area contributed by atoms with Crippen LogP contribution in [0.4, 0.5) is 4.39 Å². The lowest BCUT2D eigenvalue weighted by molar-refractivity contribution is -0.921. The lowest BCUT2D eigenvalue weighted by Gasteiger charge is -2.34. The van der Waals surface area contributed by atoms with Gasteiger partial charge in [0, 0.05) is 0 Å². The molecule has 0 fully saturated rings. The van der Waals surface area contributed by atoms with E-state index in [-0.39, 0.29) is 13.0 Å². The summed E-state index contributed by atoms with van der Waals surface area (Å²) in [6, 6.07) is 0. The second-order valence-corrected chi connectivity index (χ2v) is 11.8. The molecular formula is C29H63FNO3S+. The Hall–Kier alpha value is -0.200. The minimum Gasteiger partial charge on any atom is -0.325 e. The van der Waals surface area contributed by atoms with E-state index in [4.69, 9.17) is 4.18 Å². The summed E-state index contributed by atoms with van der Waals surface area (Å²) in [5.41, 5.74) is -1.86. The molecule has 0 spiro atoms. The molecule has 0 N–H and O–H groups in total. The van der Waals surface area contributed by atoms with Gasteiger partial charge in [0.1, 0.15) is 0 Å². The van der Waals surface area contributed by atoms with Gasteiger partial charge in [0.05, 0.1) is 32.8 Å². The smallest absolute Gasteiger partial charge is 0.299 e. The third kappa shape index (κ3) is 21.6. The molecule has 0 rings (SSSR count). The van der Waals surface area contributed by atoms with Crippen molar-refractivity contribution in [1.29, 1.82) is 0 Å². The quantitative estimate of drug-likeness (QED) is 0.0718. The summed E-state index contributed by atoms with van der Waals surface area (Å²) < 4.78 is 43.3. The molecule has 0 heterocycles. The number of alkyl halides is 1. The van der Waals surface area contributed by atoms with Crippen LogP contribution in [0, 0.1) is 0 Å². The van der Waals surface area contributed by atoms with Gasteiger partial charge in [0.25, 0.3) is 10.1 Å². The van der Waals surface area contributed by atoms with Crippen molar-refractivity contribution in [3.8, 4) is 0 Å². The molecular weight excluding hydrogens is 461 g/mol.